The van der Waals surface area contributed by atoms with Crippen LogP contribution >= 0.6 is 0 Å². The molecule has 1 amide bonds. The normalized spacial score (nSPS) is 11.4. The molecule has 9 heteroatoms. The SMILES string of the molecule is COc1cc(Oc2ccnc3cc(OC)c(C(N)=O)cc23)ccc1CC(=O)Cc1cc(C(C)(C)C)on1. The highest BCUT2D eigenvalue weighted by atomic mass is 16.5. The second kappa shape index (κ2) is 10.3. The smallest absolute Gasteiger partial charge is 0.252 e. The predicted molar refractivity (Wildman–Crippen MR) is 137 cm³/mol. The Labute approximate surface area is 214 Å². The number of hydrogen-bond acceptors (Lipinski definition) is 8. The fraction of sp³-hybridized carbons (Fsp3) is 0.286. The second-order valence-electron chi connectivity index (χ2n) is 9.64. The summed E-state index contributed by atoms with van der Waals surface area (Å²) in [4.78, 5) is 29.0. The molecule has 0 fully saturated rings. The number of nitrogens with zero attached hydrogens (tertiary/aromatic N) is 2. The predicted octanol–water partition coefficient (Wildman–Crippen LogP) is 4.78. The zero-order valence-electron chi connectivity index (χ0n) is 21.5. The number of primary amides is 1. The molecule has 37 heavy (non-hydrogen) atoms. The minimum atomic E-state index is -0.621. The maximum Gasteiger partial charge on any atom is 0.252 e. The van der Waals surface area contributed by atoms with Crippen LogP contribution < -0.4 is 19.9 Å². The van der Waals surface area contributed by atoms with Gasteiger partial charge in [-0.2, -0.15) is 0 Å². The molecule has 0 saturated heterocycles. The molecule has 0 atom stereocenters. The van der Waals surface area contributed by atoms with Crippen LogP contribution in [0, 0.1) is 0 Å². The van der Waals surface area contributed by atoms with E-state index in [1.807, 2.05) is 26.8 Å². The molecule has 9 nitrogen and oxygen atoms in total. The summed E-state index contributed by atoms with van der Waals surface area (Å²) in [5.74, 6) is 1.91. The van der Waals surface area contributed by atoms with E-state index in [4.69, 9.17) is 24.5 Å². The molecule has 2 aromatic carbocycles. The summed E-state index contributed by atoms with van der Waals surface area (Å²) in [5, 5.41) is 4.63. The highest BCUT2D eigenvalue weighted by Crippen LogP contribution is 2.35. The van der Waals surface area contributed by atoms with Gasteiger partial charge in [0, 0.05) is 47.2 Å². The van der Waals surface area contributed by atoms with Crippen LogP contribution in [0.25, 0.3) is 10.9 Å². The van der Waals surface area contributed by atoms with Crippen molar-refractivity contribution in [3.05, 3.63) is 71.2 Å². The van der Waals surface area contributed by atoms with E-state index in [-0.39, 0.29) is 29.6 Å². The Morgan fingerprint density at radius 2 is 1.70 bits per heavy atom. The van der Waals surface area contributed by atoms with Crippen molar-refractivity contribution < 1.29 is 28.3 Å². The number of aromatic nitrogens is 2. The molecule has 0 radical (unpaired) electrons. The van der Waals surface area contributed by atoms with Crippen LogP contribution in [0.15, 0.2) is 53.2 Å². The maximum atomic E-state index is 12.7. The topological polar surface area (TPSA) is 127 Å². The second-order valence-corrected chi connectivity index (χ2v) is 9.64. The molecule has 4 rings (SSSR count). The average Bonchev–Trinajstić information content (AvgIpc) is 3.33. The minimum absolute atomic E-state index is 0.0196. The van der Waals surface area contributed by atoms with Gasteiger partial charge in [0.1, 0.15) is 34.5 Å². The van der Waals surface area contributed by atoms with Gasteiger partial charge in [-0.25, -0.2) is 0 Å². The van der Waals surface area contributed by atoms with Gasteiger partial charge in [-0.1, -0.05) is 32.0 Å². The van der Waals surface area contributed by atoms with Gasteiger partial charge < -0.3 is 24.5 Å². The monoisotopic (exact) mass is 503 g/mol. The minimum Gasteiger partial charge on any atom is -0.496 e. The summed E-state index contributed by atoms with van der Waals surface area (Å²) in [6.45, 7) is 6.07. The lowest BCUT2D eigenvalue weighted by molar-refractivity contribution is -0.117. The first-order chi connectivity index (χ1) is 17.6. The number of carbonyl (C=O) groups excluding carboxylic acids is 2. The molecular weight excluding hydrogens is 474 g/mol. The third-order valence-corrected chi connectivity index (χ3v) is 5.84. The zero-order valence-corrected chi connectivity index (χ0v) is 21.5. The summed E-state index contributed by atoms with van der Waals surface area (Å²) >= 11 is 0. The molecule has 0 aliphatic carbocycles. The van der Waals surface area contributed by atoms with Crippen LogP contribution in [0.3, 0.4) is 0 Å². The third kappa shape index (κ3) is 5.72. The van der Waals surface area contributed by atoms with E-state index in [1.165, 1.54) is 14.2 Å². The standard InChI is InChI=1S/C28H29N3O6/c1-28(2,3)26-12-17(31-37-26)11-18(32)10-16-6-7-19(13-24(16)34-4)36-23-8-9-30-22-15-25(35-5)21(27(29)33)14-20(22)23/h6-9,12-15H,10-11H2,1-5H3,(H2,29,33). The van der Waals surface area contributed by atoms with Crippen molar-refractivity contribution in [3.8, 4) is 23.0 Å². The lowest BCUT2D eigenvalue weighted by Crippen LogP contribution is -2.12. The van der Waals surface area contributed by atoms with Gasteiger partial charge in [-0.05, 0) is 18.2 Å². The Hall–Kier alpha value is -4.40. The first-order valence-electron chi connectivity index (χ1n) is 11.7. The van der Waals surface area contributed by atoms with Crippen molar-refractivity contribution in [1.29, 1.82) is 0 Å². The Bertz CT molecular complexity index is 1470. The van der Waals surface area contributed by atoms with E-state index >= 15 is 0 Å². The molecule has 2 N–H and O–H groups in total. The molecule has 4 aromatic rings. The van der Waals surface area contributed by atoms with Crippen LogP contribution in [0.4, 0.5) is 0 Å². The summed E-state index contributed by atoms with van der Waals surface area (Å²) < 4.78 is 22.3. The molecule has 192 valence electrons. The first kappa shape index (κ1) is 25.7. The molecule has 2 aromatic heterocycles. The Balaban J connectivity index is 1.54. The third-order valence-electron chi connectivity index (χ3n) is 5.84. The van der Waals surface area contributed by atoms with Crippen molar-refractivity contribution >= 4 is 22.6 Å². The molecule has 0 aliphatic heterocycles. The number of ketones is 1. The lowest BCUT2D eigenvalue weighted by atomic mass is 9.93. The Kier molecular flexibility index (Phi) is 7.15. The van der Waals surface area contributed by atoms with Crippen molar-refractivity contribution in [2.75, 3.05) is 14.2 Å². The summed E-state index contributed by atoms with van der Waals surface area (Å²) in [7, 11) is 2.99. The highest BCUT2D eigenvalue weighted by Gasteiger charge is 2.21. The highest BCUT2D eigenvalue weighted by molar-refractivity contribution is 6.01. The molecule has 0 bridgehead atoms. The summed E-state index contributed by atoms with van der Waals surface area (Å²) in [6.07, 6.45) is 1.93. The number of rotatable bonds is 9. The van der Waals surface area contributed by atoms with Gasteiger partial charge in [-0.3, -0.25) is 14.6 Å². The van der Waals surface area contributed by atoms with Crippen LogP contribution in [0.5, 0.6) is 23.0 Å². The van der Waals surface area contributed by atoms with Crippen molar-refractivity contribution in [2.45, 2.75) is 39.0 Å². The van der Waals surface area contributed by atoms with E-state index < -0.39 is 5.91 Å². The van der Waals surface area contributed by atoms with E-state index in [2.05, 4.69) is 10.1 Å². The summed E-state index contributed by atoms with van der Waals surface area (Å²) in [6, 6.07) is 12.0. The van der Waals surface area contributed by atoms with Crippen LogP contribution in [-0.4, -0.2) is 36.1 Å². The largest absolute Gasteiger partial charge is 0.496 e. The number of carbonyl (C=O) groups is 2. The molecule has 0 spiro atoms. The number of hydrogen-bond donors (Lipinski definition) is 1. The first-order valence-corrected chi connectivity index (χ1v) is 11.7. The molecule has 0 saturated carbocycles. The lowest BCUT2D eigenvalue weighted by Gasteiger charge is -2.14. The molecule has 0 aliphatic rings. The quantitative estimate of drug-likeness (QED) is 0.346. The van der Waals surface area contributed by atoms with Gasteiger partial charge in [0.15, 0.2) is 0 Å². The van der Waals surface area contributed by atoms with Crippen LogP contribution in [0.2, 0.25) is 0 Å². The molecular formula is C28H29N3O6. The maximum absolute atomic E-state index is 12.7. The fourth-order valence-corrected chi connectivity index (χ4v) is 3.89. The van der Waals surface area contributed by atoms with Gasteiger partial charge in [0.25, 0.3) is 5.91 Å². The Morgan fingerprint density at radius 3 is 2.35 bits per heavy atom. The number of pyridine rings is 1. The number of nitrogens with two attached hydrogens (primary N) is 1. The van der Waals surface area contributed by atoms with Crippen molar-refractivity contribution in [2.24, 2.45) is 5.73 Å². The number of methoxy groups -OCH3 is 2. The average molecular weight is 504 g/mol. The zero-order chi connectivity index (χ0) is 26.7. The van der Waals surface area contributed by atoms with Crippen molar-refractivity contribution in [1.82, 2.24) is 10.1 Å². The van der Waals surface area contributed by atoms with E-state index in [0.717, 1.165) is 11.3 Å². The number of Topliss-reactive ketones (excluding diaryl/α,β-unsaturated/α-hetero) is 1. The number of benzene rings is 2. The summed E-state index contributed by atoms with van der Waals surface area (Å²) in [5.41, 5.74) is 7.46. The van der Waals surface area contributed by atoms with Gasteiger partial charge in [0.2, 0.25) is 0 Å². The van der Waals surface area contributed by atoms with Crippen LogP contribution in [0.1, 0.15) is 48.1 Å². The van der Waals surface area contributed by atoms with E-state index in [0.29, 0.717) is 39.6 Å². The number of amides is 1. The van der Waals surface area contributed by atoms with Crippen molar-refractivity contribution in [3.63, 3.8) is 0 Å². The number of fused-ring (bicyclic) bond motifs is 1. The van der Waals surface area contributed by atoms with E-state index in [9.17, 15) is 9.59 Å². The van der Waals surface area contributed by atoms with Gasteiger partial charge in [0.05, 0.1) is 37.4 Å². The van der Waals surface area contributed by atoms with E-state index in [1.54, 1.807) is 42.6 Å². The van der Waals surface area contributed by atoms with Crippen LogP contribution in [-0.2, 0) is 23.1 Å². The molecule has 0 unspecified atom stereocenters. The van der Waals surface area contributed by atoms with Gasteiger partial charge >= 0.3 is 0 Å². The number of ether oxygens (including phenoxy) is 3. The molecule has 2 heterocycles. The Morgan fingerprint density at radius 1 is 0.946 bits per heavy atom. The fourth-order valence-electron chi connectivity index (χ4n) is 3.89. The van der Waals surface area contributed by atoms with Gasteiger partial charge in [-0.15, -0.1) is 0 Å².